The molecule has 0 spiro atoms. The lowest BCUT2D eigenvalue weighted by atomic mass is 10.1. The van der Waals surface area contributed by atoms with E-state index in [0.29, 0.717) is 5.92 Å². The summed E-state index contributed by atoms with van der Waals surface area (Å²) in [6.07, 6.45) is 2.15. The summed E-state index contributed by atoms with van der Waals surface area (Å²) in [6, 6.07) is 8.51. The summed E-state index contributed by atoms with van der Waals surface area (Å²) in [5.74, 6) is 0.587. The van der Waals surface area contributed by atoms with Crippen LogP contribution in [0, 0.1) is 6.92 Å². The van der Waals surface area contributed by atoms with Crippen molar-refractivity contribution < 1.29 is 0 Å². The fraction of sp³-hybridized carbons (Fsp3) is 0.438. The molecular weight excluding hydrogens is 252 g/mol. The summed E-state index contributed by atoms with van der Waals surface area (Å²) in [7, 11) is 0. The van der Waals surface area contributed by atoms with Crippen molar-refractivity contribution in [1.82, 2.24) is 4.98 Å². The van der Waals surface area contributed by atoms with E-state index in [4.69, 9.17) is 4.98 Å². The van der Waals surface area contributed by atoms with Crippen LogP contribution in [0.2, 0.25) is 0 Å². The minimum atomic E-state index is 0.587. The molecule has 1 heterocycles. The second kappa shape index (κ2) is 6.71. The molecule has 1 unspecified atom stereocenters. The zero-order valence-electron chi connectivity index (χ0n) is 11.9. The normalized spacial score (nSPS) is 12.4. The van der Waals surface area contributed by atoms with Crippen molar-refractivity contribution in [2.75, 3.05) is 11.9 Å². The Balaban J connectivity index is 1.82. The molecule has 102 valence electrons. The monoisotopic (exact) mass is 274 g/mol. The van der Waals surface area contributed by atoms with Gasteiger partial charge in [-0.1, -0.05) is 31.5 Å². The lowest BCUT2D eigenvalue weighted by Crippen LogP contribution is -2.05. The predicted octanol–water partition coefficient (Wildman–Crippen LogP) is 4.62. The van der Waals surface area contributed by atoms with Crippen LogP contribution in [0.5, 0.6) is 0 Å². The fourth-order valence-electron chi connectivity index (χ4n) is 1.84. The molecule has 2 rings (SSSR count). The summed E-state index contributed by atoms with van der Waals surface area (Å²) in [5, 5.41) is 6.90. The summed E-state index contributed by atoms with van der Waals surface area (Å²) in [6.45, 7) is 7.50. The molecule has 0 fully saturated rings. The Morgan fingerprint density at radius 3 is 2.68 bits per heavy atom. The smallest absolute Gasteiger partial charge is 0.0956 e. The fourth-order valence-corrected chi connectivity index (χ4v) is 2.84. The molecule has 1 atom stereocenters. The molecule has 1 aromatic carbocycles. The van der Waals surface area contributed by atoms with Crippen molar-refractivity contribution in [3.63, 3.8) is 0 Å². The van der Waals surface area contributed by atoms with Crippen molar-refractivity contribution >= 4 is 17.0 Å². The van der Waals surface area contributed by atoms with E-state index >= 15 is 0 Å². The number of nitrogens with one attached hydrogen (secondary N) is 1. The Bertz CT molecular complexity index is 502. The summed E-state index contributed by atoms with van der Waals surface area (Å²) >= 11 is 1.79. The topological polar surface area (TPSA) is 24.9 Å². The standard InChI is InChI=1S/C16H22N2S/c1-4-13(3)16-18-15(11-19-16)9-10-17-14-7-5-12(2)6-8-14/h5-8,11,13,17H,4,9-10H2,1-3H3. The summed E-state index contributed by atoms with van der Waals surface area (Å²) < 4.78 is 0. The average molecular weight is 274 g/mol. The Hall–Kier alpha value is -1.35. The van der Waals surface area contributed by atoms with Crippen LogP contribution >= 0.6 is 11.3 Å². The number of nitrogens with zero attached hydrogens (tertiary/aromatic N) is 1. The molecular formula is C16H22N2S. The Morgan fingerprint density at radius 2 is 2.00 bits per heavy atom. The van der Waals surface area contributed by atoms with E-state index < -0.39 is 0 Å². The van der Waals surface area contributed by atoms with Gasteiger partial charge in [-0.15, -0.1) is 11.3 Å². The van der Waals surface area contributed by atoms with E-state index in [0.717, 1.165) is 19.4 Å². The van der Waals surface area contributed by atoms with E-state index in [1.54, 1.807) is 11.3 Å². The third-order valence-corrected chi connectivity index (χ3v) is 4.49. The number of benzene rings is 1. The molecule has 2 nitrogen and oxygen atoms in total. The number of thiazole rings is 1. The van der Waals surface area contributed by atoms with E-state index in [1.165, 1.54) is 22.0 Å². The van der Waals surface area contributed by atoms with Gasteiger partial charge in [0.2, 0.25) is 0 Å². The molecule has 0 amide bonds. The van der Waals surface area contributed by atoms with Crippen molar-refractivity contribution in [2.24, 2.45) is 0 Å². The van der Waals surface area contributed by atoms with Gasteiger partial charge >= 0.3 is 0 Å². The van der Waals surface area contributed by atoms with Gasteiger partial charge in [-0.3, -0.25) is 0 Å². The van der Waals surface area contributed by atoms with E-state index in [-0.39, 0.29) is 0 Å². The Labute approximate surface area is 119 Å². The van der Waals surface area contributed by atoms with Crippen molar-refractivity contribution in [1.29, 1.82) is 0 Å². The minimum absolute atomic E-state index is 0.587. The highest BCUT2D eigenvalue weighted by molar-refractivity contribution is 7.09. The van der Waals surface area contributed by atoms with Crippen LogP contribution in [0.15, 0.2) is 29.6 Å². The van der Waals surface area contributed by atoms with Crippen molar-refractivity contribution in [2.45, 2.75) is 39.5 Å². The van der Waals surface area contributed by atoms with Crippen LogP contribution in [0.1, 0.15) is 42.5 Å². The van der Waals surface area contributed by atoms with Crippen LogP contribution in [0.25, 0.3) is 0 Å². The number of hydrogen-bond acceptors (Lipinski definition) is 3. The third-order valence-electron chi connectivity index (χ3n) is 3.37. The van der Waals surface area contributed by atoms with Crippen LogP contribution in [-0.2, 0) is 6.42 Å². The van der Waals surface area contributed by atoms with E-state index in [9.17, 15) is 0 Å². The molecule has 1 aromatic heterocycles. The van der Waals surface area contributed by atoms with Crippen LogP contribution in [0.3, 0.4) is 0 Å². The largest absolute Gasteiger partial charge is 0.385 e. The highest BCUT2D eigenvalue weighted by Crippen LogP contribution is 2.22. The third kappa shape index (κ3) is 4.06. The Kier molecular flexibility index (Phi) is 4.97. The van der Waals surface area contributed by atoms with E-state index in [1.807, 2.05) is 0 Å². The lowest BCUT2D eigenvalue weighted by molar-refractivity contribution is 0.721. The number of rotatable bonds is 6. The SMILES string of the molecule is CCC(C)c1nc(CCNc2ccc(C)cc2)cs1. The second-order valence-corrected chi connectivity index (χ2v) is 5.92. The molecule has 0 radical (unpaired) electrons. The van der Waals surface area contributed by atoms with E-state index in [2.05, 4.69) is 55.7 Å². The molecule has 0 bridgehead atoms. The first-order chi connectivity index (χ1) is 9.19. The van der Waals surface area contributed by atoms with Crippen LogP contribution in [-0.4, -0.2) is 11.5 Å². The highest BCUT2D eigenvalue weighted by Gasteiger charge is 2.08. The van der Waals surface area contributed by atoms with Crippen molar-refractivity contribution in [3.8, 4) is 0 Å². The van der Waals surface area contributed by atoms with Crippen molar-refractivity contribution in [3.05, 3.63) is 45.9 Å². The molecule has 0 saturated heterocycles. The molecule has 0 aliphatic heterocycles. The zero-order valence-corrected chi connectivity index (χ0v) is 12.8. The van der Waals surface area contributed by atoms with Gasteiger partial charge in [0.1, 0.15) is 0 Å². The molecule has 3 heteroatoms. The van der Waals surface area contributed by atoms with Gasteiger partial charge in [0.25, 0.3) is 0 Å². The first-order valence-electron chi connectivity index (χ1n) is 6.94. The lowest BCUT2D eigenvalue weighted by Gasteiger charge is -2.05. The van der Waals surface area contributed by atoms with Gasteiger partial charge in [0.05, 0.1) is 10.7 Å². The number of hydrogen-bond donors (Lipinski definition) is 1. The molecule has 1 N–H and O–H groups in total. The summed E-state index contributed by atoms with van der Waals surface area (Å²) in [4.78, 5) is 4.70. The number of aromatic nitrogens is 1. The van der Waals surface area contributed by atoms with Gasteiger partial charge in [-0.2, -0.15) is 0 Å². The average Bonchev–Trinajstić information content (AvgIpc) is 2.89. The second-order valence-electron chi connectivity index (χ2n) is 5.03. The van der Waals surface area contributed by atoms with Crippen LogP contribution < -0.4 is 5.32 Å². The zero-order chi connectivity index (χ0) is 13.7. The maximum absolute atomic E-state index is 4.70. The first-order valence-corrected chi connectivity index (χ1v) is 7.82. The summed E-state index contributed by atoms with van der Waals surface area (Å²) in [5.41, 5.74) is 3.69. The van der Waals surface area contributed by atoms with Gasteiger partial charge in [0.15, 0.2) is 0 Å². The quantitative estimate of drug-likeness (QED) is 0.831. The highest BCUT2D eigenvalue weighted by atomic mass is 32.1. The van der Waals surface area contributed by atoms with Gasteiger partial charge in [-0.05, 0) is 25.5 Å². The molecule has 0 saturated carbocycles. The van der Waals surface area contributed by atoms with Gasteiger partial charge in [-0.25, -0.2) is 4.98 Å². The van der Waals surface area contributed by atoms with Gasteiger partial charge in [0, 0.05) is 30.0 Å². The molecule has 19 heavy (non-hydrogen) atoms. The molecule has 2 aromatic rings. The number of aryl methyl sites for hydroxylation is 1. The van der Waals surface area contributed by atoms with Crippen LogP contribution in [0.4, 0.5) is 5.69 Å². The maximum atomic E-state index is 4.70. The number of anilines is 1. The molecule has 0 aliphatic rings. The predicted molar refractivity (Wildman–Crippen MR) is 84.2 cm³/mol. The Morgan fingerprint density at radius 1 is 1.26 bits per heavy atom. The maximum Gasteiger partial charge on any atom is 0.0956 e. The molecule has 0 aliphatic carbocycles. The van der Waals surface area contributed by atoms with Gasteiger partial charge < -0.3 is 5.32 Å². The first kappa shape index (κ1) is 14.1. The minimum Gasteiger partial charge on any atom is -0.385 e.